The fourth-order valence-electron chi connectivity index (χ4n) is 7.99. The highest BCUT2D eigenvalue weighted by molar-refractivity contribution is 5.84. The van der Waals surface area contributed by atoms with Gasteiger partial charge in [-0.25, -0.2) is 0 Å². The highest BCUT2D eigenvalue weighted by Crippen LogP contribution is 2.62. The summed E-state index contributed by atoms with van der Waals surface area (Å²) < 4.78 is 0. The normalized spacial score (nSPS) is 34.1. The Balaban J connectivity index is 1.55. The number of hydrogen-bond acceptors (Lipinski definition) is 3. The number of likely N-dealkylation sites (N-methyl/N-ethyl adjacent to an activating group) is 2. The van der Waals surface area contributed by atoms with E-state index in [1.54, 1.807) is 0 Å². The van der Waals surface area contributed by atoms with Crippen LogP contribution in [0.25, 0.3) is 0 Å². The monoisotopic (exact) mass is 429 g/mol. The Kier molecular flexibility index (Phi) is 3.83. The fraction of sp³-hybridized carbons (Fsp3) is 0.536. The van der Waals surface area contributed by atoms with Crippen LogP contribution in [0.1, 0.15) is 48.9 Å². The maximum Gasteiger partial charge on any atom is 0.223 e. The van der Waals surface area contributed by atoms with Gasteiger partial charge in [-0.1, -0.05) is 35.4 Å². The second-order valence-corrected chi connectivity index (χ2v) is 11.6. The zero-order chi connectivity index (χ0) is 22.6. The van der Waals surface area contributed by atoms with Crippen molar-refractivity contribution in [1.29, 1.82) is 0 Å². The summed E-state index contributed by atoms with van der Waals surface area (Å²) in [6.45, 7) is 8.83. The summed E-state index contributed by atoms with van der Waals surface area (Å²) in [4.78, 5) is 18.4. The molecular formula is C28H35N3O. The standard InChI is InChI=1S/C28H35N3O/c1-17-7-9-23-19(11-17)13-27(30(23)5)15-21-22(26(3,4)29-25(21)32)16-28(27)14-20-12-18(2)8-10-24(20)31(28)6/h7-12,21-22H,13-16H2,1-6H3,(H,29,32). The third-order valence-electron chi connectivity index (χ3n) is 9.62. The Morgan fingerprint density at radius 1 is 0.844 bits per heavy atom. The Morgan fingerprint density at radius 3 is 1.88 bits per heavy atom. The molecule has 0 bridgehead atoms. The lowest BCUT2D eigenvalue weighted by Crippen LogP contribution is -2.73. The molecule has 1 saturated carbocycles. The van der Waals surface area contributed by atoms with E-state index in [2.05, 4.69) is 93.3 Å². The number of hydrogen-bond donors (Lipinski definition) is 1. The third kappa shape index (κ3) is 2.31. The van der Waals surface area contributed by atoms with E-state index in [1.807, 2.05) is 0 Å². The van der Waals surface area contributed by atoms with E-state index in [9.17, 15) is 4.79 Å². The molecule has 6 rings (SSSR count). The summed E-state index contributed by atoms with van der Waals surface area (Å²) in [7, 11) is 4.59. The Hall–Kier alpha value is -2.49. The summed E-state index contributed by atoms with van der Waals surface area (Å²) in [6, 6.07) is 13.8. The van der Waals surface area contributed by atoms with E-state index in [1.165, 1.54) is 33.6 Å². The smallest absolute Gasteiger partial charge is 0.223 e. The van der Waals surface area contributed by atoms with Gasteiger partial charge in [-0.05, 0) is 82.6 Å². The van der Waals surface area contributed by atoms with Crippen molar-refractivity contribution in [3.8, 4) is 0 Å². The minimum atomic E-state index is -0.164. The molecule has 1 amide bonds. The number of aryl methyl sites for hydroxylation is 2. The van der Waals surface area contributed by atoms with E-state index in [-0.39, 0.29) is 28.4 Å². The van der Waals surface area contributed by atoms with Crippen LogP contribution in [0.3, 0.4) is 0 Å². The van der Waals surface area contributed by atoms with E-state index in [0.717, 1.165) is 25.7 Å². The molecule has 1 N–H and O–H groups in total. The third-order valence-corrected chi connectivity index (χ3v) is 9.62. The number of fused-ring (bicyclic) bond motifs is 4. The lowest BCUT2D eigenvalue weighted by Gasteiger charge is -2.61. The lowest BCUT2D eigenvalue weighted by atomic mass is 9.55. The van der Waals surface area contributed by atoms with Crippen molar-refractivity contribution in [2.24, 2.45) is 11.8 Å². The van der Waals surface area contributed by atoms with Crippen LogP contribution in [0.15, 0.2) is 36.4 Å². The van der Waals surface area contributed by atoms with Crippen LogP contribution in [-0.2, 0) is 17.6 Å². The van der Waals surface area contributed by atoms with Crippen molar-refractivity contribution in [3.63, 3.8) is 0 Å². The number of nitrogens with one attached hydrogen (secondary N) is 1. The van der Waals surface area contributed by atoms with Crippen molar-refractivity contribution in [2.75, 3.05) is 23.9 Å². The molecule has 0 radical (unpaired) electrons. The van der Waals surface area contributed by atoms with Crippen LogP contribution in [0.4, 0.5) is 11.4 Å². The molecule has 4 aliphatic rings. The van der Waals surface area contributed by atoms with Gasteiger partial charge in [-0.15, -0.1) is 0 Å². The van der Waals surface area contributed by atoms with Gasteiger partial charge in [0.2, 0.25) is 5.91 Å². The first-order valence-electron chi connectivity index (χ1n) is 12.1. The molecule has 2 fully saturated rings. The second-order valence-electron chi connectivity index (χ2n) is 11.6. The predicted molar refractivity (Wildman–Crippen MR) is 130 cm³/mol. The number of nitrogens with zero attached hydrogens (tertiary/aromatic N) is 2. The minimum Gasteiger partial charge on any atom is -0.366 e. The number of carbonyl (C=O) groups is 1. The Bertz CT molecular complexity index is 1150. The summed E-state index contributed by atoms with van der Waals surface area (Å²) in [6.07, 6.45) is 4.00. The number of amides is 1. The molecule has 32 heavy (non-hydrogen) atoms. The van der Waals surface area contributed by atoms with Gasteiger partial charge in [0.15, 0.2) is 0 Å². The van der Waals surface area contributed by atoms with Gasteiger partial charge < -0.3 is 15.1 Å². The topological polar surface area (TPSA) is 35.6 Å². The second kappa shape index (κ2) is 6.09. The molecule has 0 aromatic heterocycles. The Labute approximate surface area is 192 Å². The first-order chi connectivity index (χ1) is 15.1. The molecule has 168 valence electrons. The maximum absolute atomic E-state index is 13.2. The fourth-order valence-corrected chi connectivity index (χ4v) is 7.99. The van der Waals surface area contributed by atoms with Crippen LogP contribution >= 0.6 is 0 Å². The zero-order valence-electron chi connectivity index (χ0n) is 20.2. The largest absolute Gasteiger partial charge is 0.366 e. The van der Waals surface area contributed by atoms with Gasteiger partial charge in [0.05, 0.1) is 11.1 Å². The van der Waals surface area contributed by atoms with Crippen LogP contribution in [0, 0.1) is 25.7 Å². The molecular weight excluding hydrogens is 394 g/mol. The van der Waals surface area contributed by atoms with E-state index in [0.29, 0.717) is 5.92 Å². The molecule has 1 aliphatic carbocycles. The maximum atomic E-state index is 13.2. The average molecular weight is 430 g/mol. The molecule has 4 heteroatoms. The highest BCUT2D eigenvalue weighted by atomic mass is 16.2. The van der Waals surface area contributed by atoms with Crippen molar-refractivity contribution in [2.45, 2.75) is 70.0 Å². The zero-order valence-corrected chi connectivity index (χ0v) is 20.2. The SMILES string of the molecule is Cc1ccc2c(c1)CC1(CC3C(=O)NC(C)(C)C3CC13Cc1cc(C)ccc1N3C)N2C. The van der Waals surface area contributed by atoms with Gasteiger partial charge in [-0.2, -0.15) is 0 Å². The molecule has 3 heterocycles. The van der Waals surface area contributed by atoms with Crippen molar-refractivity contribution >= 4 is 17.3 Å². The molecule has 4 nitrogen and oxygen atoms in total. The van der Waals surface area contributed by atoms with Crippen LogP contribution < -0.4 is 15.1 Å². The molecule has 3 aliphatic heterocycles. The summed E-state index contributed by atoms with van der Waals surface area (Å²) in [5.74, 6) is 0.674. The molecule has 2 aromatic rings. The van der Waals surface area contributed by atoms with Gasteiger partial charge in [0, 0.05) is 36.9 Å². The first-order valence-corrected chi connectivity index (χ1v) is 12.1. The molecule has 4 unspecified atom stereocenters. The van der Waals surface area contributed by atoms with Gasteiger partial charge >= 0.3 is 0 Å². The molecule has 1 saturated heterocycles. The van der Waals surface area contributed by atoms with Crippen LogP contribution in [0.5, 0.6) is 0 Å². The van der Waals surface area contributed by atoms with Gasteiger partial charge in [0.25, 0.3) is 0 Å². The molecule has 4 atom stereocenters. The van der Waals surface area contributed by atoms with Gasteiger partial charge in [-0.3, -0.25) is 4.79 Å². The van der Waals surface area contributed by atoms with Crippen molar-refractivity contribution < 1.29 is 4.79 Å². The van der Waals surface area contributed by atoms with E-state index < -0.39 is 0 Å². The quantitative estimate of drug-likeness (QED) is 0.674. The van der Waals surface area contributed by atoms with Crippen molar-refractivity contribution in [1.82, 2.24) is 5.32 Å². The predicted octanol–water partition coefficient (Wildman–Crippen LogP) is 4.40. The Morgan fingerprint density at radius 2 is 1.34 bits per heavy atom. The molecule has 2 aromatic carbocycles. The average Bonchev–Trinajstić information content (AvgIpc) is 3.23. The number of rotatable bonds is 0. The lowest BCUT2D eigenvalue weighted by molar-refractivity contribution is -0.125. The summed E-state index contributed by atoms with van der Waals surface area (Å²) in [5, 5.41) is 3.36. The number of benzene rings is 2. The minimum absolute atomic E-state index is 0.0461. The van der Waals surface area contributed by atoms with E-state index in [4.69, 9.17) is 0 Å². The van der Waals surface area contributed by atoms with Gasteiger partial charge in [0.1, 0.15) is 0 Å². The van der Waals surface area contributed by atoms with E-state index >= 15 is 0 Å². The molecule has 2 spiro atoms. The van der Waals surface area contributed by atoms with Crippen molar-refractivity contribution in [3.05, 3.63) is 58.7 Å². The number of anilines is 2. The highest BCUT2D eigenvalue weighted by Gasteiger charge is 2.69. The summed E-state index contributed by atoms with van der Waals surface area (Å²) >= 11 is 0. The van der Waals surface area contributed by atoms with Crippen LogP contribution in [0.2, 0.25) is 0 Å². The van der Waals surface area contributed by atoms with Crippen LogP contribution in [-0.4, -0.2) is 36.6 Å². The summed E-state index contributed by atoms with van der Waals surface area (Å²) in [5.41, 5.74) is 7.92. The first kappa shape index (κ1) is 20.1. The number of carbonyl (C=O) groups excluding carboxylic acids is 1.